The number of fused-ring (bicyclic) bond motifs is 15. The molecule has 0 fully saturated rings. The molecule has 0 saturated heterocycles. The van der Waals surface area contributed by atoms with Gasteiger partial charge in [-0.25, -0.2) is 0 Å². The summed E-state index contributed by atoms with van der Waals surface area (Å²) in [5, 5.41) is 0. The van der Waals surface area contributed by atoms with Gasteiger partial charge in [0.2, 0.25) is 0 Å². The minimum absolute atomic E-state index is 0.0778. The van der Waals surface area contributed by atoms with Gasteiger partial charge in [-0.15, -0.1) is 11.3 Å². The van der Waals surface area contributed by atoms with Gasteiger partial charge in [-0.05, 0) is 98.3 Å². The Bertz CT molecular complexity index is 2790. The van der Waals surface area contributed by atoms with Crippen LogP contribution in [0.1, 0.15) is 46.9 Å². The summed E-state index contributed by atoms with van der Waals surface area (Å²) in [7, 11) is 0. The van der Waals surface area contributed by atoms with E-state index in [1.54, 1.807) is 0 Å². The third-order valence-electron chi connectivity index (χ3n) is 12.4. The Morgan fingerprint density at radius 3 is 1.65 bits per heavy atom. The van der Waals surface area contributed by atoms with E-state index >= 15 is 0 Å². The van der Waals surface area contributed by atoms with Crippen LogP contribution < -0.4 is 25.5 Å². The highest BCUT2D eigenvalue weighted by Crippen LogP contribution is 2.66. The zero-order chi connectivity index (χ0) is 35.7. The Kier molecular flexibility index (Phi) is 6.17. The zero-order valence-corrected chi connectivity index (χ0v) is 30.9. The van der Waals surface area contributed by atoms with Crippen molar-refractivity contribution >= 4 is 67.9 Å². The summed E-state index contributed by atoms with van der Waals surface area (Å²) in [6.07, 6.45) is 0. The maximum Gasteiger partial charge on any atom is 0.264 e. The van der Waals surface area contributed by atoms with Crippen LogP contribution in [0.25, 0.3) is 22.3 Å². The molecule has 4 aliphatic rings. The van der Waals surface area contributed by atoms with Gasteiger partial charge in [-0.2, -0.15) is 0 Å². The molecular formula is C50H35BN2S. The summed E-state index contributed by atoms with van der Waals surface area (Å²) in [5.74, 6) is 0.350. The lowest BCUT2D eigenvalue weighted by atomic mass is 9.36. The Morgan fingerprint density at radius 1 is 0.519 bits per heavy atom. The minimum atomic E-state index is -0.397. The van der Waals surface area contributed by atoms with E-state index in [1.165, 1.54) is 99.2 Å². The third kappa shape index (κ3) is 3.71. The van der Waals surface area contributed by atoms with Crippen molar-refractivity contribution in [3.63, 3.8) is 0 Å². The predicted octanol–water partition coefficient (Wildman–Crippen LogP) is 11.3. The van der Waals surface area contributed by atoms with Crippen molar-refractivity contribution in [2.45, 2.75) is 25.2 Å². The van der Waals surface area contributed by atoms with Crippen molar-refractivity contribution in [1.82, 2.24) is 0 Å². The molecule has 2 aliphatic heterocycles. The van der Waals surface area contributed by atoms with Crippen LogP contribution in [0.15, 0.2) is 170 Å². The van der Waals surface area contributed by atoms with Crippen LogP contribution in [0.2, 0.25) is 0 Å². The molecule has 0 N–H and O–H groups in total. The van der Waals surface area contributed by atoms with Crippen molar-refractivity contribution in [2.75, 3.05) is 9.80 Å². The van der Waals surface area contributed by atoms with Crippen molar-refractivity contribution in [3.05, 3.63) is 197 Å². The second-order valence-electron chi connectivity index (χ2n) is 15.4. The number of benzene rings is 7. The van der Waals surface area contributed by atoms with Gasteiger partial charge in [0.15, 0.2) is 0 Å². The van der Waals surface area contributed by atoms with E-state index in [0.29, 0.717) is 5.92 Å². The average molecular weight is 707 g/mol. The average Bonchev–Trinajstić information content (AvgIpc) is 3.85. The van der Waals surface area contributed by atoms with Crippen LogP contribution in [0.3, 0.4) is 0 Å². The van der Waals surface area contributed by atoms with Crippen LogP contribution >= 0.6 is 11.3 Å². The van der Waals surface area contributed by atoms with Gasteiger partial charge in [0.05, 0.1) is 11.1 Å². The first-order chi connectivity index (χ1) is 26.7. The summed E-state index contributed by atoms with van der Waals surface area (Å²) < 4.78 is 1.42. The summed E-state index contributed by atoms with van der Waals surface area (Å²) in [4.78, 5) is 6.59. The molecule has 4 heteroatoms. The Labute approximate surface area is 320 Å². The van der Waals surface area contributed by atoms with Crippen molar-refractivity contribution < 1.29 is 0 Å². The largest absolute Gasteiger partial charge is 0.311 e. The molecule has 7 aromatic carbocycles. The smallest absolute Gasteiger partial charge is 0.264 e. The number of nitrogens with zero attached hydrogens (tertiary/aromatic N) is 2. The van der Waals surface area contributed by atoms with Crippen molar-refractivity contribution in [1.29, 1.82) is 0 Å². The molecule has 0 unspecified atom stereocenters. The lowest BCUT2D eigenvalue weighted by Gasteiger charge is -2.44. The number of rotatable bonds is 3. The van der Waals surface area contributed by atoms with E-state index in [0.717, 1.165) is 0 Å². The first-order valence-corrected chi connectivity index (χ1v) is 19.9. The normalized spacial score (nSPS) is 14.7. The Hall–Kier alpha value is -6.10. The summed E-state index contributed by atoms with van der Waals surface area (Å²) in [6, 6.07) is 63.8. The highest BCUT2D eigenvalue weighted by molar-refractivity contribution is 7.30. The van der Waals surface area contributed by atoms with E-state index in [-0.39, 0.29) is 6.71 Å². The van der Waals surface area contributed by atoms with Gasteiger partial charge < -0.3 is 9.80 Å². The number of hydrogen-bond donors (Lipinski definition) is 0. The number of anilines is 6. The van der Waals surface area contributed by atoms with Gasteiger partial charge in [0.1, 0.15) is 0 Å². The summed E-state index contributed by atoms with van der Waals surface area (Å²) >= 11 is 2.05. The highest BCUT2D eigenvalue weighted by atomic mass is 32.1. The van der Waals surface area contributed by atoms with Crippen LogP contribution in [-0.2, 0) is 5.41 Å². The Balaban J connectivity index is 1.26. The van der Waals surface area contributed by atoms with Gasteiger partial charge >= 0.3 is 0 Å². The maximum absolute atomic E-state index is 2.63. The second-order valence-corrected chi connectivity index (χ2v) is 16.4. The SMILES string of the molecule is CC(C)c1cc2c3c(c1)N(c1ccccc1)c1c(sc4c1-c1ccccc1C41c4ccccc4-c4ccccc41)B3c1ccccc1N2c1ccccc1. The molecule has 0 bridgehead atoms. The lowest BCUT2D eigenvalue weighted by Crippen LogP contribution is -2.60. The minimum Gasteiger partial charge on any atom is -0.311 e. The molecule has 0 radical (unpaired) electrons. The van der Waals surface area contributed by atoms with Crippen molar-refractivity contribution in [3.8, 4) is 22.3 Å². The van der Waals surface area contributed by atoms with Gasteiger partial charge in [-0.3, -0.25) is 0 Å². The third-order valence-corrected chi connectivity index (χ3v) is 13.8. The standard InChI is InChI=1S/C50H35BN2S/c1-31(2)32-29-43-46-44(30-32)53(34-19-7-4-8-20-34)47-45-37-23-11-14-26-40(37)50(38-24-12-9-21-35(38)36-22-10-13-25-39(36)50)48(45)54-49(47)51(46)41-27-15-16-28-42(41)52(43)33-17-5-3-6-18-33/h3-31H,1-2H3. The van der Waals surface area contributed by atoms with E-state index in [1.807, 2.05) is 0 Å². The van der Waals surface area contributed by atoms with Crippen molar-refractivity contribution in [2.24, 2.45) is 0 Å². The first-order valence-electron chi connectivity index (χ1n) is 19.1. The van der Waals surface area contributed by atoms with E-state index in [9.17, 15) is 0 Å². The molecule has 2 aliphatic carbocycles. The fourth-order valence-corrected chi connectivity index (χ4v) is 11.9. The van der Waals surface area contributed by atoms with Crippen LogP contribution in [0.4, 0.5) is 34.1 Å². The Morgan fingerprint density at radius 2 is 1.02 bits per heavy atom. The lowest BCUT2D eigenvalue weighted by molar-refractivity contribution is 0.811. The molecule has 1 aromatic heterocycles. The maximum atomic E-state index is 2.63. The van der Waals surface area contributed by atoms with E-state index in [2.05, 4.69) is 205 Å². The monoisotopic (exact) mass is 706 g/mol. The van der Waals surface area contributed by atoms with Gasteiger partial charge in [0.25, 0.3) is 6.71 Å². The molecule has 1 spiro atoms. The van der Waals surface area contributed by atoms with Gasteiger partial charge in [0, 0.05) is 43.7 Å². The highest BCUT2D eigenvalue weighted by Gasteiger charge is 2.56. The van der Waals surface area contributed by atoms with E-state index < -0.39 is 5.41 Å². The van der Waals surface area contributed by atoms with Crippen LogP contribution in [0.5, 0.6) is 0 Å². The topological polar surface area (TPSA) is 6.48 Å². The zero-order valence-electron chi connectivity index (χ0n) is 30.1. The molecule has 254 valence electrons. The molecule has 0 atom stereocenters. The number of hydrogen-bond acceptors (Lipinski definition) is 3. The fraction of sp³-hybridized carbons (Fsp3) is 0.0800. The molecule has 54 heavy (non-hydrogen) atoms. The predicted molar refractivity (Wildman–Crippen MR) is 229 cm³/mol. The molecule has 3 heterocycles. The quantitative estimate of drug-likeness (QED) is 0.169. The van der Waals surface area contributed by atoms with Crippen LogP contribution in [0, 0.1) is 0 Å². The molecule has 8 aromatic rings. The molecule has 12 rings (SSSR count). The molecule has 0 saturated carbocycles. The molecular weight excluding hydrogens is 671 g/mol. The second kappa shape index (κ2) is 11.0. The summed E-state index contributed by atoms with van der Waals surface area (Å²) in [5.41, 5.74) is 20.8. The molecule has 0 amide bonds. The fourth-order valence-electron chi connectivity index (χ4n) is 10.2. The van der Waals surface area contributed by atoms with E-state index in [4.69, 9.17) is 0 Å². The number of para-hydroxylation sites is 3. The van der Waals surface area contributed by atoms with Crippen LogP contribution in [-0.4, -0.2) is 6.71 Å². The summed E-state index contributed by atoms with van der Waals surface area (Å²) in [6.45, 7) is 4.73. The van der Waals surface area contributed by atoms with Gasteiger partial charge in [-0.1, -0.05) is 141 Å². The number of thiophene rings is 1. The first kappa shape index (κ1) is 30.4. The molecule has 2 nitrogen and oxygen atoms in total.